The van der Waals surface area contributed by atoms with E-state index in [1.807, 2.05) is 0 Å². The molecule has 0 atom stereocenters. The Hall–Kier alpha value is -2.55. The predicted molar refractivity (Wildman–Crippen MR) is 78.2 cm³/mol. The SMILES string of the molecule is O=C(Cn1nc(C(=O)O)ccc1=O)Nc1ccc(Br)cc1F. The van der Waals surface area contributed by atoms with Crippen molar-refractivity contribution in [3.63, 3.8) is 0 Å². The second kappa shape index (κ2) is 6.48. The van der Waals surface area contributed by atoms with Gasteiger partial charge in [-0.2, -0.15) is 5.10 Å². The largest absolute Gasteiger partial charge is 0.476 e. The molecule has 114 valence electrons. The van der Waals surface area contributed by atoms with Crippen LogP contribution in [0.15, 0.2) is 39.6 Å². The molecular formula is C13H9BrFN3O4. The Kier molecular flexibility index (Phi) is 4.66. The van der Waals surface area contributed by atoms with E-state index < -0.39 is 29.8 Å². The van der Waals surface area contributed by atoms with Gasteiger partial charge < -0.3 is 10.4 Å². The van der Waals surface area contributed by atoms with Crippen molar-refractivity contribution in [1.29, 1.82) is 0 Å². The summed E-state index contributed by atoms with van der Waals surface area (Å²) in [5.41, 5.74) is -1.07. The summed E-state index contributed by atoms with van der Waals surface area (Å²) in [5, 5.41) is 14.6. The van der Waals surface area contributed by atoms with Gasteiger partial charge in [0.2, 0.25) is 5.91 Å². The first-order valence-electron chi connectivity index (χ1n) is 5.93. The van der Waals surface area contributed by atoms with Crippen molar-refractivity contribution < 1.29 is 19.1 Å². The zero-order chi connectivity index (χ0) is 16.3. The first-order chi connectivity index (χ1) is 10.4. The Morgan fingerprint density at radius 2 is 2.05 bits per heavy atom. The van der Waals surface area contributed by atoms with Crippen molar-refractivity contribution in [2.24, 2.45) is 0 Å². The topological polar surface area (TPSA) is 101 Å². The molecule has 7 nitrogen and oxygen atoms in total. The summed E-state index contributed by atoms with van der Waals surface area (Å²) in [6, 6.07) is 6.08. The third-order valence-electron chi connectivity index (χ3n) is 2.58. The normalized spacial score (nSPS) is 10.3. The standard InChI is InChI=1S/C13H9BrFN3O4/c14-7-1-2-9(8(15)5-7)16-11(19)6-18-12(20)4-3-10(17-18)13(21)22/h1-5H,6H2,(H,16,19)(H,21,22). The number of nitrogens with zero attached hydrogens (tertiary/aromatic N) is 2. The molecule has 22 heavy (non-hydrogen) atoms. The number of hydrogen-bond acceptors (Lipinski definition) is 4. The Balaban J connectivity index is 2.17. The number of hydrogen-bond donors (Lipinski definition) is 2. The zero-order valence-electron chi connectivity index (χ0n) is 10.9. The Morgan fingerprint density at radius 1 is 1.32 bits per heavy atom. The van der Waals surface area contributed by atoms with Crippen molar-refractivity contribution in [1.82, 2.24) is 9.78 Å². The molecule has 1 heterocycles. The van der Waals surface area contributed by atoms with Gasteiger partial charge in [-0.1, -0.05) is 15.9 Å². The van der Waals surface area contributed by atoms with Crippen LogP contribution in [0.3, 0.4) is 0 Å². The summed E-state index contributed by atoms with van der Waals surface area (Å²) in [6.45, 7) is -0.532. The van der Waals surface area contributed by atoms with Crippen LogP contribution in [0.25, 0.3) is 0 Å². The minimum absolute atomic E-state index is 0.0596. The van der Waals surface area contributed by atoms with Gasteiger partial charge in [-0.15, -0.1) is 0 Å². The Bertz CT molecular complexity index is 806. The summed E-state index contributed by atoms with van der Waals surface area (Å²) in [5.74, 6) is -2.69. The van der Waals surface area contributed by atoms with Gasteiger partial charge in [0.25, 0.3) is 5.56 Å². The highest BCUT2D eigenvalue weighted by molar-refractivity contribution is 9.10. The molecule has 2 aromatic rings. The lowest BCUT2D eigenvalue weighted by Crippen LogP contribution is -2.30. The van der Waals surface area contributed by atoms with Crippen LogP contribution in [-0.4, -0.2) is 26.8 Å². The van der Waals surface area contributed by atoms with E-state index in [2.05, 4.69) is 26.3 Å². The molecular weight excluding hydrogens is 361 g/mol. The van der Waals surface area contributed by atoms with E-state index in [9.17, 15) is 18.8 Å². The van der Waals surface area contributed by atoms with E-state index in [4.69, 9.17) is 5.11 Å². The van der Waals surface area contributed by atoms with Crippen LogP contribution in [0.1, 0.15) is 10.5 Å². The minimum Gasteiger partial charge on any atom is -0.476 e. The van der Waals surface area contributed by atoms with E-state index in [-0.39, 0.29) is 11.4 Å². The fourth-order valence-corrected chi connectivity index (χ4v) is 1.93. The van der Waals surface area contributed by atoms with Gasteiger partial charge in [-0.25, -0.2) is 13.9 Å². The lowest BCUT2D eigenvalue weighted by molar-refractivity contribution is -0.117. The second-order valence-corrected chi connectivity index (χ2v) is 5.11. The summed E-state index contributed by atoms with van der Waals surface area (Å²) in [4.78, 5) is 34.1. The lowest BCUT2D eigenvalue weighted by atomic mass is 10.3. The maximum atomic E-state index is 13.6. The number of carbonyl (C=O) groups excluding carboxylic acids is 1. The maximum Gasteiger partial charge on any atom is 0.356 e. The van der Waals surface area contributed by atoms with Gasteiger partial charge in [-0.3, -0.25) is 9.59 Å². The van der Waals surface area contributed by atoms with Gasteiger partial charge in [0.1, 0.15) is 12.4 Å². The molecule has 0 saturated heterocycles. The smallest absolute Gasteiger partial charge is 0.356 e. The minimum atomic E-state index is -1.33. The van der Waals surface area contributed by atoms with Gasteiger partial charge in [0.15, 0.2) is 5.69 Å². The Labute approximate surface area is 131 Å². The average Bonchev–Trinajstić information content (AvgIpc) is 2.44. The highest BCUT2D eigenvalue weighted by Crippen LogP contribution is 2.19. The Morgan fingerprint density at radius 3 is 2.68 bits per heavy atom. The van der Waals surface area contributed by atoms with Crippen LogP contribution in [0.4, 0.5) is 10.1 Å². The molecule has 0 aliphatic heterocycles. The first kappa shape index (κ1) is 15.8. The molecule has 0 spiro atoms. The van der Waals surface area contributed by atoms with E-state index >= 15 is 0 Å². The van der Waals surface area contributed by atoms with Crippen molar-refractivity contribution in [2.75, 3.05) is 5.32 Å². The van der Waals surface area contributed by atoms with Crippen molar-refractivity contribution in [3.05, 3.63) is 56.7 Å². The number of aromatic nitrogens is 2. The predicted octanol–water partition coefficient (Wildman–Crippen LogP) is 1.48. The molecule has 1 aromatic heterocycles. The van der Waals surface area contributed by atoms with Crippen molar-refractivity contribution >= 4 is 33.5 Å². The molecule has 2 N–H and O–H groups in total. The van der Waals surface area contributed by atoms with Crippen molar-refractivity contribution in [3.8, 4) is 0 Å². The molecule has 0 fully saturated rings. The summed E-state index contributed by atoms with van der Waals surface area (Å²) >= 11 is 3.08. The van der Waals surface area contributed by atoms with Gasteiger partial charge in [0, 0.05) is 10.5 Å². The van der Waals surface area contributed by atoms with Gasteiger partial charge in [0.05, 0.1) is 5.69 Å². The quantitative estimate of drug-likeness (QED) is 0.849. The van der Waals surface area contributed by atoms with E-state index in [1.54, 1.807) is 0 Å². The van der Waals surface area contributed by atoms with Crippen LogP contribution in [0.5, 0.6) is 0 Å². The maximum absolute atomic E-state index is 13.6. The molecule has 1 aromatic carbocycles. The summed E-state index contributed by atoms with van der Waals surface area (Å²) in [6.07, 6.45) is 0. The average molecular weight is 370 g/mol. The first-order valence-corrected chi connectivity index (χ1v) is 6.72. The molecule has 0 radical (unpaired) electrons. The van der Waals surface area contributed by atoms with E-state index in [0.29, 0.717) is 9.15 Å². The number of aromatic carboxylic acids is 1. The van der Waals surface area contributed by atoms with Crippen molar-refractivity contribution in [2.45, 2.75) is 6.54 Å². The summed E-state index contributed by atoms with van der Waals surface area (Å²) < 4.78 is 14.8. The van der Waals surface area contributed by atoms with Crippen LogP contribution in [0, 0.1) is 5.82 Å². The highest BCUT2D eigenvalue weighted by Gasteiger charge is 2.12. The van der Waals surface area contributed by atoms with Crippen LogP contribution < -0.4 is 10.9 Å². The third kappa shape index (κ3) is 3.76. The van der Waals surface area contributed by atoms with E-state index in [1.165, 1.54) is 18.2 Å². The number of carbonyl (C=O) groups is 2. The highest BCUT2D eigenvalue weighted by atomic mass is 79.9. The lowest BCUT2D eigenvalue weighted by Gasteiger charge is -2.08. The number of carboxylic acid groups (broad SMARTS) is 1. The molecule has 0 bridgehead atoms. The van der Waals surface area contributed by atoms with E-state index in [0.717, 1.165) is 12.1 Å². The number of amides is 1. The number of rotatable bonds is 4. The molecule has 0 saturated carbocycles. The van der Waals surface area contributed by atoms with Crippen LogP contribution in [-0.2, 0) is 11.3 Å². The number of halogens is 2. The molecule has 9 heteroatoms. The molecule has 0 unspecified atom stereocenters. The number of benzene rings is 1. The van der Waals surface area contributed by atoms with Gasteiger partial charge >= 0.3 is 5.97 Å². The molecule has 1 amide bonds. The third-order valence-corrected chi connectivity index (χ3v) is 3.08. The number of carboxylic acids is 1. The second-order valence-electron chi connectivity index (χ2n) is 4.19. The number of anilines is 1. The van der Waals surface area contributed by atoms with Crippen LogP contribution in [0.2, 0.25) is 0 Å². The summed E-state index contributed by atoms with van der Waals surface area (Å²) in [7, 11) is 0. The monoisotopic (exact) mass is 369 g/mol. The van der Waals surface area contributed by atoms with Gasteiger partial charge in [-0.05, 0) is 24.3 Å². The molecule has 0 aliphatic rings. The number of nitrogens with one attached hydrogen (secondary N) is 1. The fraction of sp³-hybridized carbons (Fsp3) is 0.0769. The van der Waals surface area contributed by atoms with Crippen LogP contribution >= 0.6 is 15.9 Å². The fourth-order valence-electron chi connectivity index (χ4n) is 1.59. The molecule has 0 aliphatic carbocycles. The molecule has 2 rings (SSSR count). The zero-order valence-corrected chi connectivity index (χ0v) is 12.5.